The topological polar surface area (TPSA) is 79.4 Å². The highest BCUT2D eigenvalue weighted by atomic mass is 32.2. The molecule has 1 amide bonds. The molecule has 0 saturated carbocycles. The molecule has 1 aromatic heterocycles. The second-order valence-corrected chi connectivity index (χ2v) is 10.2. The summed E-state index contributed by atoms with van der Waals surface area (Å²) in [5.41, 5.74) is 3.45. The Balaban J connectivity index is 1.89. The number of nitrogens with one attached hydrogen (secondary N) is 1. The van der Waals surface area contributed by atoms with Crippen molar-refractivity contribution in [3.05, 3.63) is 83.4 Å². The molecule has 2 aromatic carbocycles. The van der Waals surface area contributed by atoms with Gasteiger partial charge in [-0.3, -0.25) is 9.78 Å². The number of pyridine rings is 1. The highest BCUT2D eigenvalue weighted by Crippen LogP contribution is 2.32. The lowest BCUT2D eigenvalue weighted by molar-refractivity contribution is -0.118. The van der Waals surface area contributed by atoms with Gasteiger partial charge in [-0.15, -0.1) is 0 Å². The van der Waals surface area contributed by atoms with Crippen LogP contribution >= 0.6 is 0 Å². The number of halogens is 1. The van der Waals surface area contributed by atoms with E-state index >= 15 is 0 Å². The Morgan fingerprint density at radius 2 is 1.70 bits per heavy atom. The number of hydrogen-bond acceptors (Lipinski definition) is 5. The van der Waals surface area contributed by atoms with E-state index in [-0.39, 0.29) is 17.2 Å². The number of rotatable bonds is 8. The monoisotopic (exact) mass is 469 g/mol. The molecule has 0 fully saturated rings. The highest BCUT2D eigenvalue weighted by Gasteiger charge is 2.22. The maximum absolute atomic E-state index is 14.4. The summed E-state index contributed by atoms with van der Waals surface area (Å²) < 4.78 is 42.1. The number of benzene rings is 2. The van der Waals surface area contributed by atoms with E-state index in [0.717, 1.165) is 5.56 Å². The fourth-order valence-corrected chi connectivity index (χ4v) is 4.69. The Hall–Kier alpha value is -3.10. The molecule has 3 rings (SSSR count). The van der Waals surface area contributed by atoms with Crippen molar-refractivity contribution >= 4 is 15.9 Å². The number of carbonyl (C=O) groups excluding carboxylic acids is 1. The third-order valence-corrected chi connectivity index (χ3v) is 6.57. The summed E-state index contributed by atoms with van der Waals surface area (Å²) in [5, 5.41) is 0. The molecule has 0 aliphatic carbocycles. The molecule has 174 valence electrons. The summed E-state index contributed by atoms with van der Waals surface area (Å²) in [6, 6.07) is 12.6. The second kappa shape index (κ2) is 10.2. The molecule has 3 aromatic rings. The van der Waals surface area contributed by atoms with Crippen LogP contribution in [0.4, 0.5) is 4.39 Å². The van der Waals surface area contributed by atoms with Crippen LogP contribution in [0.1, 0.15) is 36.5 Å². The van der Waals surface area contributed by atoms with Crippen LogP contribution in [0.15, 0.2) is 65.8 Å². The van der Waals surface area contributed by atoms with Gasteiger partial charge in [0.15, 0.2) is 0 Å². The third kappa shape index (κ3) is 6.24. The van der Waals surface area contributed by atoms with Gasteiger partial charge in [-0.25, -0.2) is 17.5 Å². The number of sulfonamides is 1. The van der Waals surface area contributed by atoms with E-state index < -0.39 is 21.7 Å². The Morgan fingerprint density at radius 1 is 1.06 bits per heavy atom. The van der Waals surface area contributed by atoms with E-state index in [9.17, 15) is 17.6 Å². The highest BCUT2D eigenvalue weighted by molar-refractivity contribution is 7.90. The lowest BCUT2D eigenvalue weighted by Crippen LogP contribution is -2.32. The van der Waals surface area contributed by atoms with Crippen molar-refractivity contribution < 1.29 is 17.6 Å². The number of aromatic nitrogens is 1. The first-order valence-electron chi connectivity index (χ1n) is 10.6. The van der Waals surface area contributed by atoms with Gasteiger partial charge in [-0.2, -0.15) is 0 Å². The van der Waals surface area contributed by atoms with Crippen LogP contribution in [0.5, 0.6) is 0 Å². The SMILES string of the molecule is CC(C)c1cc(F)cc(-c2ccncc2)c1CC(=O)NS(=O)(=O)c1ccc(CN(C)C)cc1. The quantitative estimate of drug-likeness (QED) is 0.537. The first kappa shape index (κ1) is 24.5. The first-order valence-corrected chi connectivity index (χ1v) is 12.1. The van der Waals surface area contributed by atoms with Crippen LogP contribution < -0.4 is 4.72 Å². The standard InChI is InChI=1S/C25H28FN3O3S/c1-17(2)22-13-20(26)14-23(19-9-11-27-12-10-19)24(22)15-25(30)28-33(31,32)21-7-5-18(6-8-21)16-29(3)4/h5-14,17H,15-16H2,1-4H3,(H,28,30). The van der Waals surface area contributed by atoms with E-state index in [2.05, 4.69) is 9.71 Å². The van der Waals surface area contributed by atoms with E-state index in [1.807, 2.05) is 32.8 Å². The molecular weight excluding hydrogens is 441 g/mol. The summed E-state index contributed by atoms with van der Waals surface area (Å²) in [7, 11) is -0.196. The Kier molecular flexibility index (Phi) is 7.61. The number of amides is 1. The van der Waals surface area contributed by atoms with Crippen molar-refractivity contribution in [2.45, 2.75) is 37.6 Å². The smallest absolute Gasteiger partial charge is 0.264 e. The van der Waals surface area contributed by atoms with Crippen LogP contribution in [-0.4, -0.2) is 38.3 Å². The van der Waals surface area contributed by atoms with Crippen LogP contribution in [0.2, 0.25) is 0 Å². The average Bonchev–Trinajstić information content (AvgIpc) is 2.74. The van der Waals surface area contributed by atoms with Crippen molar-refractivity contribution in [2.75, 3.05) is 14.1 Å². The zero-order valence-corrected chi connectivity index (χ0v) is 20.0. The van der Waals surface area contributed by atoms with Crippen LogP contribution in [-0.2, 0) is 27.8 Å². The zero-order valence-electron chi connectivity index (χ0n) is 19.2. The molecular formula is C25H28FN3O3S. The number of nitrogens with zero attached hydrogens (tertiary/aromatic N) is 2. The minimum atomic E-state index is -4.04. The lowest BCUT2D eigenvalue weighted by Gasteiger charge is -2.18. The molecule has 0 bridgehead atoms. The van der Waals surface area contributed by atoms with Gasteiger partial charge in [0, 0.05) is 18.9 Å². The van der Waals surface area contributed by atoms with Crippen molar-refractivity contribution in [1.29, 1.82) is 0 Å². The van der Waals surface area contributed by atoms with Crippen molar-refractivity contribution in [3.8, 4) is 11.1 Å². The molecule has 8 heteroatoms. The van der Waals surface area contributed by atoms with Gasteiger partial charge in [0.25, 0.3) is 10.0 Å². The van der Waals surface area contributed by atoms with E-state index in [4.69, 9.17) is 0 Å². The number of carbonyl (C=O) groups is 1. The molecule has 0 unspecified atom stereocenters. The molecule has 0 atom stereocenters. The molecule has 0 radical (unpaired) electrons. The van der Waals surface area contributed by atoms with Gasteiger partial charge in [-0.05, 0) is 84.2 Å². The molecule has 0 saturated heterocycles. The Labute approximate surface area is 194 Å². The molecule has 0 aliphatic rings. The van der Waals surface area contributed by atoms with Gasteiger partial charge in [0.05, 0.1) is 11.3 Å². The largest absolute Gasteiger partial charge is 0.305 e. The molecule has 33 heavy (non-hydrogen) atoms. The van der Waals surface area contributed by atoms with Crippen molar-refractivity contribution in [1.82, 2.24) is 14.6 Å². The predicted molar refractivity (Wildman–Crippen MR) is 127 cm³/mol. The Bertz CT molecular complexity index is 1230. The fraction of sp³-hybridized carbons (Fsp3) is 0.280. The van der Waals surface area contributed by atoms with Crippen LogP contribution in [0.3, 0.4) is 0 Å². The third-order valence-electron chi connectivity index (χ3n) is 5.18. The summed E-state index contributed by atoms with van der Waals surface area (Å²) in [5.74, 6) is -1.17. The van der Waals surface area contributed by atoms with E-state index in [1.165, 1.54) is 24.3 Å². The molecule has 1 heterocycles. The normalized spacial score (nSPS) is 11.7. The first-order chi connectivity index (χ1) is 15.6. The zero-order chi connectivity index (χ0) is 24.2. The molecule has 1 N–H and O–H groups in total. The predicted octanol–water partition coefficient (Wildman–Crippen LogP) is 4.12. The minimum absolute atomic E-state index is 0.0101. The van der Waals surface area contributed by atoms with Crippen molar-refractivity contribution in [3.63, 3.8) is 0 Å². The van der Waals surface area contributed by atoms with Gasteiger partial charge in [0.2, 0.25) is 5.91 Å². The van der Waals surface area contributed by atoms with Gasteiger partial charge in [-0.1, -0.05) is 26.0 Å². The maximum atomic E-state index is 14.4. The van der Waals surface area contributed by atoms with Gasteiger partial charge in [0.1, 0.15) is 5.82 Å². The minimum Gasteiger partial charge on any atom is -0.305 e. The summed E-state index contributed by atoms with van der Waals surface area (Å²) >= 11 is 0. The van der Waals surface area contributed by atoms with E-state index in [0.29, 0.717) is 28.8 Å². The summed E-state index contributed by atoms with van der Waals surface area (Å²) in [4.78, 5) is 18.8. The lowest BCUT2D eigenvalue weighted by atomic mass is 9.88. The summed E-state index contributed by atoms with van der Waals surface area (Å²) in [6.07, 6.45) is 2.97. The average molecular weight is 470 g/mol. The molecule has 0 aliphatic heterocycles. The number of hydrogen-bond donors (Lipinski definition) is 1. The van der Waals surface area contributed by atoms with Crippen molar-refractivity contribution in [2.24, 2.45) is 0 Å². The van der Waals surface area contributed by atoms with Crippen LogP contribution in [0, 0.1) is 5.82 Å². The van der Waals surface area contributed by atoms with Gasteiger partial charge < -0.3 is 4.90 Å². The molecule has 0 spiro atoms. The summed E-state index contributed by atoms with van der Waals surface area (Å²) in [6.45, 7) is 4.48. The Morgan fingerprint density at radius 3 is 2.27 bits per heavy atom. The maximum Gasteiger partial charge on any atom is 0.264 e. The van der Waals surface area contributed by atoms with E-state index in [1.54, 1.807) is 36.7 Å². The molecule has 6 nitrogen and oxygen atoms in total. The fourth-order valence-electron chi connectivity index (χ4n) is 3.70. The van der Waals surface area contributed by atoms with Gasteiger partial charge >= 0.3 is 0 Å². The second-order valence-electron chi connectivity index (χ2n) is 8.50. The van der Waals surface area contributed by atoms with Crippen LogP contribution in [0.25, 0.3) is 11.1 Å².